The van der Waals surface area contributed by atoms with Crippen molar-refractivity contribution in [2.24, 2.45) is 0 Å². The van der Waals surface area contributed by atoms with Crippen LogP contribution < -0.4 is 0 Å². The zero-order valence-electron chi connectivity index (χ0n) is 30.9. The molecular formula is C48H42N3OPt-. The molecular weight excluding hydrogens is 830 g/mol. The van der Waals surface area contributed by atoms with Crippen molar-refractivity contribution in [3.05, 3.63) is 167 Å². The van der Waals surface area contributed by atoms with E-state index in [0.29, 0.717) is 11.4 Å². The van der Waals surface area contributed by atoms with Crippen LogP contribution in [0.5, 0.6) is 5.75 Å². The Morgan fingerprint density at radius 3 is 2.02 bits per heavy atom. The smallest absolute Gasteiger partial charge is 0.148 e. The fourth-order valence-electron chi connectivity index (χ4n) is 7.90. The Morgan fingerprint density at radius 1 is 0.679 bits per heavy atom. The molecule has 0 spiro atoms. The Balaban J connectivity index is 0.00000435. The van der Waals surface area contributed by atoms with Crippen LogP contribution in [0.25, 0.3) is 61.3 Å². The number of fused-ring (bicyclic) bond motifs is 2. The van der Waals surface area contributed by atoms with Gasteiger partial charge in [0.25, 0.3) is 0 Å². The van der Waals surface area contributed by atoms with E-state index in [-0.39, 0.29) is 32.2 Å². The Hall–Kier alpha value is -5.31. The molecule has 266 valence electrons. The van der Waals surface area contributed by atoms with E-state index in [1.54, 1.807) is 6.07 Å². The summed E-state index contributed by atoms with van der Waals surface area (Å²) < 4.78 is 2.28. The molecule has 2 heterocycles. The molecule has 0 fully saturated rings. The van der Waals surface area contributed by atoms with Gasteiger partial charge in [-0.2, -0.15) is 0 Å². The van der Waals surface area contributed by atoms with Crippen LogP contribution in [0.4, 0.5) is 0 Å². The number of benzene rings is 6. The second-order valence-corrected chi connectivity index (χ2v) is 14.4. The molecule has 0 saturated heterocycles. The number of aromatic hydroxyl groups is 1. The molecule has 0 aliphatic carbocycles. The van der Waals surface area contributed by atoms with E-state index in [1.807, 2.05) is 30.5 Å². The van der Waals surface area contributed by atoms with Crippen LogP contribution >= 0.6 is 0 Å². The summed E-state index contributed by atoms with van der Waals surface area (Å²) in [6.45, 7) is 13.2. The Labute approximate surface area is 326 Å². The number of nitrogens with zero attached hydrogens (tertiary/aromatic N) is 3. The average molecular weight is 872 g/mol. The van der Waals surface area contributed by atoms with Crippen LogP contribution in [-0.2, 0) is 32.9 Å². The van der Waals surface area contributed by atoms with Crippen molar-refractivity contribution < 1.29 is 26.2 Å². The third-order valence-corrected chi connectivity index (χ3v) is 10.6. The number of hydrogen-bond donors (Lipinski definition) is 1. The quantitative estimate of drug-likeness (QED) is 0.162. The predicted octanol–water partition coefficient (Wildman–Crippen LogP) is 11.9. The summed E-state index contributed by atoms with van der Waals surface area (Å²) >= 11 is 0. The maximum Gasteiger partial charge on any atom is 0.148 e. The minimum atomic E-state index is -0.309. The van der Waals surface area contributed by atoms with Gasteiger partial charge in [0.1, 0.15) is 11.6 Å². The average Bonchev–Trinajstić information content (AvgIpc) is 3.54. The molecule has 8 rings (SSSR count). The second kappa shape index (κ2) is 14.3. The standard InChI is InChI=1S/C48H42N3O.Pt/c1-7-33-22-23-40(44-46(33)51(45-31(3)25-30(2)26-32(45)4)47(50-44)41-19-11-12-21-42(41)52)36-27-35(39-20-13-15-34-16-14-24-49-43(34)39)28-38(29-36)48(5,6)37-17-9-8-10-18-37;/h8-26,28-29,52H,7H2,1-6H3;/q-1;. The third-order valence-electron chi connectivity index (χ3n) is 10.6. The van der Waals surface area contributed by atoms with Crippen molar-refractivity contribution in [2.75, 3.05) is 0 Å². The molecule has 5 heteroatoms. The molecule has 4 nitrogen and oxygen atoms in total. The zero-order chi connectivity index (χ0) is 36.1. The first-order valence-electron chi connectivity index (χ1n) is 18.0. The van der Waals surface area contributed by atoms with Crippen LogP contribution in [0, 0.1) is 26.8 Å². The molecule has 0 radical (unpaired) electrons. The monoisotopic (exact) mass is 871 g/mol. The van der Waals surface area contributed by atoms with Gasteiger partial charge < -0.3 is 5.11 Å². The number of pyridine rings is 1. The fraction of sp³-hybridized carbons (Fsp3) is 0.167. The molecule has 53 heavy (non-hydrogen) atoms. The molecule has 0 amide bonds. The van der Waals surface area contributed by atoms with Crippen LogP contribution in [-0.4, -0.2) is 19.6 Å². The summed E-state index contributed by atoms with van der Waals surface area (Å²) in [4.78, 5) is 10.3. The summed E-state index contributed by atoms with van der Waals surface area (Å²) in [5.41, 5.74) is 15.4. The molecule has 0 atom stereocenters. The molecule has 8 aromatic rings. The maximum absolute atomic E-state index is 11.3. The van der Waals surface area contributed by atoms with E-state index < -0.39 is 0 Å². The van der Waals surface area contributed by atoms with Crippen molar-refractivity contribution in [1.82, 2.24) is 14.5 Å². The summed E-state index contributed by atoms with van der Waals surface area (Å²) in [6, 6.07) is 46.0. The molecule has 0 aliphatic rings. The first-order chi connectivity index (χ1) is 25.2. The number of aromatic nitrogens is 3. The van der Waals surface area contributed by atoms with E-state index >= 15 is 0 Å². The van der Waals surface area contributed by atoms with E-state index in [4.69, 9.17) is 9.97 Å². The normalized spacial score (nSPS) is 11.6. The summed E-state index contributed by atoms with van der Waals surface area (Å²) in [6.07, 6.45) is 2.68. The largest absolute Gasteiger partial charge is 0.507 e. The first kappa shape index (κ1) is 36.1. The van der Waals surface area contributed by atoms with Gasteiger partial charge in [-0.25, -0.2) is 4.98 Å². The van der Waals surface area contributed by atoms with Crippen LogP contribution in [0.3, 0.4) is 0 Å². The molecule has 0 saturated carbocycles. The van der Waals surface area contributed by atoms with Crippen molar-refractivity contribution in [3.63, 3.8) is 0 Å². The Kier molecular flexibility index (Phi) is 9.70. The van der Waals surface area contributed by atoms with Gasteiger partial charge in [0.15, 0.2) is 0 Å². The van der Waals surface area contributed by atoms with Crippen LogP contribution in [0.2, 0.25) is 0 Å². The number of imidazole rings is 1. The number of para-hydroxylation sites is 2. The number of phenolic OH excluding ortho intramolecular Hbond substituents is 1. The number of hydrogen-bond acceptors (Lipinski definition) is 3. The number of phenols is 1. The topological polar surface area (TPSA) is 50.9 Å². The van der Waals surface area contributed by atoms with Gasteiger partial charge in [0.2, 0.25) is 0 Å². The van der Waals surface area contributed by atoms with E-state index in [9.17, 15) is 5.11 Å². The van der Waals surface area contributed by atoms with Gasteiger partial charge >= 0.3 is 0 Å². The summed E-state index contributed by atoms with van der Waals surface area (Å²) in [5.74, 6) is 0.912. The zero-order valence-corrected chi connectivity index (χ0v) is 33.2. The summed E-state index contributed by atoms with van der Waals surface area (Å²) in [5, 5.41) is 12.4. The molecule has 0 unspecified atom stereocenters. The third kappa shape index (κ3) is 6.30. The molecule has 0 bridgehead atoms. The molecule has 1 N–H and O–H groups in total. The van der Waals surface area contributed by atoms with Crippen molar-refractivity contribution in [1.29, 1.82) is 0 Å². The molecule has 0 aliphatic heterocycles. The number of aryl methyl sites for hydroxylation is 4. The second-order valence-electron chi connectivity index (χ2n) is 14.4. The molecule has 6 aromatic carbocycles. The van der Waals surface area contributed by atoms with Crippen molar-refractivity contribution in [2.45, 2.75) is 53.4 Å². The first-order valence-corrected chi connectivity index (χ1v) is 18.0. The fourth-order valence-corrected chi connectivity index (χ4v) is 7.90. The van der Waals surface area contributed by atoms with E-state index in [1.165, 1.54) is 22.3 Å². The van der Waals surface area contributed by atoms with Crippen molar-refractivity contribution >= 4 is 21.9 Å². The summed E-state index contributed by atoms with van der Waals surface area (Å²) in [7, 11) is 0. The SMILES string of the molecule is CCc1ccc(-c2[c-]c(-c3cccc4cccnc34)cc(C(C)(C)c3ccccc3)c2)c2nc(-c3ccccc3O)n(-c3c(C)cc(C)cc3C)c12.[Pt]. The minimum Gasteiger partial charge on any atom is -0.507 e. The van der Waals surface area contributed by atoms with E-state index in [2.05, 4.69) is 143 Å². The van der Waals surface area contributed by atoms with Gasteiger partial charge in [-0.3, -0.25) is 9.55 Å². The van der Waals surface area contributed by atoms with Gasteiger partial charge in [0, 0.05) is 38.2 Å². The van der Waals surface area contributed by atoms with Crippen LogP contribution in [0.1, 0.15) is 54.2 Å². The Morgan fingerprint density at radius 2 is 1.32 bits per heavy atom. The molecule has 2 aromatic heterocycles. The van der Waals surface area contributed by atoms with Gasteiger partial charge in [-0.1, -0.05) is 128 Å². The van der Waals surface area contributed by atoms with Gasteiger partial charge in [0.05, 0.1) is 22.3 Å². The van der Waals surface area contributed by atoms with Crippen molar-refractivity contribution in [3.8, 4) is 45.1 Å². The van der Waals surface area contributed by atoms with Crippen LogP contribution in [0.15, 0.2) is 128 Å². The predicted molar refractivity (Wildman–Crippen MR) is 215 cm³/mol. The van der Waals surface area contributed by atoms with Gasteiger partial charge in [-0.05, 0) is 73.0 Å². The maximum atomic E-state index is 11.3. The van der Waals surface area contributed by atoms with E-state index in [0.717, 1.165) is 67.4 Å². The Bertz CT molecular complexity index is 2610. The minimum absolute atomic E-state index is 0. The van der Waals surface area contributed by atoms with Gasteiger partial charge in [-0.15, -0.1) is 34.9 Å². The number of rotatable bonds is 7.